The number of ketones is 1. The molecule has 0 saturated carbocycles. The molecule has 1 N–H and O–H groups in total. The van der Waals surface area contributed by atoms with Crippen molar-refractivity contribution < 1.29 is 24.2 Å². The van der Waals surface area contributed by atoms with Gasteiger partial charge < -0.3 is 19.5 Å². The Labute approximate surface area is 185 Å². The number of ether oxygens (including phenoxy) is 2. The normalized spacial score (nSPS) is 21.6. The highest BCUT2D eigenvalue weighted by molar-refractivity contribution is 7.10. The molecular formula is C23H26N2O5S. The number of hydrogen-bond acceptors (Lipinski definition) is 7. The van der Waals surface area contributed by atoms with Gasteiger partial charge in [0.2, 0.25) is 0 Å². The summed E-state index contributed by atoms with van der Waals surface area (Å²) in [5, 5.41) is 12.9. The first-order valence-electron chi connectivity index (χ1n) is 10.4. The maximum atomic E-state index is 13.0. The van der Waals surface area contributed by atoms with Crippen LogP contribution in [0, 0.1) is 0 Å². The zero-order valence-electron chi connectivity index (χ0n) is 17.5. The van der Waals surface area contributed by atoms with Gasteiger partial charge in [0.15, 0.2) is 0 Å². The van der Waals surface area contributed by atoms with Gasteiger partial charge in [-0.05, 0) is 42.1 Å². The van der Waals surface area contributed by atoms with Crippen molar-refractivity contribution in [3.63, 3.8) is 0 Å². The Kier molecular flexibility index (Phi) is 6.70. The van der Waals surface area contributed by atoms with E-state index in [1.807, 2.05) is 17.5 Å². The molecule has 2 aromatic rings. The maximum Gasteiger partial charge on any atom is 0.295 e. The maximum absolute atomic E-state index is 13.0. The number of carbonyl (C=O) groups is 2. The monoisotopic (exact) mass is 442 g/mol. The lowest BCUT2D eigenvalue weighted by Crippen LogP contribution is -2.38. The van der Waals surface area contributed by atoms with E-state index >= 15 is 0 Å². The number of rotatable bonds is 7. The highest BCUT2D eigenvalue weighted by Crippen LogP contribution is 2.41. The van der Waals surface area contributed by atoms with Crippen molar-refractivity contribution >= 4 is 28.8 Å². The van der Waals surface area contributed by atoms with Crippen LogP contribution in [0.2, 0.25) is 0 Å². The van der Waals surface area contributed by atoms with Gasteiger partial charge in [-0.2, -0.15) is 0 Å². The Balaban J connectivity index is 1.61. The zero-order valence-corrected chi connectivity index (χ0v) is 18.3. The summed E-state index contributed by atoms with van der Waals surface area (Å²) in [7, 11) is 1.56. The Hall–Kier alpha value is -2.68. The lowest BCUT2D eigenvalue weighted by Gasteiger charge is -2.28. The molecule has 1 atom stereocenters. The average Bonchev–Trinajstić information content (AvgIpc) is 3.42. The standard InChI is InChI=1S/C23H26N2O5S/c1-29-17-7-5-16(6-8-17)21(26)19-20(18-4-2-15-31-18)25(23(28)22(19)27)10-3-9-24-11-13-30-14-12-24/h2,4-8,15,20,26H,3,9-14H2,1H3/t20-/m1/s1. The van der Waals surface area contributed by atoms with Crippen LogP contribution in [0.25, 0.3) is 5.76 Å². The van der Waals surface area contributed by atoms with E-state index in [1.54, 1.807) is 36.3 Å². The third-order valence-electron chi connectivity index (χ3n) is 5.69. The van der Waals surface area contributed by atoms with Crippen molar-refractivity contribution in [2.45, 2.75) is 12.5 Å². The van der Waals surface area contributed by atoms with E-state index in [2.05, 4.69) is 4.90 Å². The first-order chi connectivity index (χ1) is 15.1. The van der Waals surface area contributed by atoms with E-state index in [-0.39, 0.29) is 11.3 Å². The molecule has 2 aliphatic rings. The minimum Gasteiger partial charge on any atom is -0.507 e. The van der Waals surface area contributed by atoms with Gasteiger partial charge in [0.1, 0.15) is 11.5 Å². The number of aliphatic hydroxyl groups excluding tert-OH is 1. The number of hydrogen-bond donors (Lipinski definition) is 1. The number of thiophene rings is 1. The predicted octanol–water partition coefficient (Wildman–Crippen LogP) is 2.90. The Morgan fingerprint density at radius 2 is 1.90 bits per heavy atom. The number of morpholine rings is 1. The molecule has 8 heteroatoms. The first-order valence-corrected chi connectivity index (χ1v) is 11.2. The van der Waals surface area contributed by atoms with Crippen LogP contribution in [0.4, 0.5) is 0 Å². The fourth-order valence-corrected chi connectivity index (χ4v) is 4.89. The molecule has 2 saturated heterocycles. The van der Waals surface area contributed by atoms with Crippen LogP contribution in [-0.4, -0.2) is 73.1 Å². The molecule has 0 spiro atoms. The van der Waals surface area contributed by atoms with Crippen LogP contribution < -0.4 is 4.74 Å². The summed E-state index contributed by atoms with van der Waals surface area (Å²) < 4.78 is 10.5. The molecule has 1 amide bonds. The second-order valence-corrected chi connectivity index (χ2v) is 8.52. The van der Waals surface area contributed by atoms with E-state index in [1.165, 1.54) is 11.3 Å². The van der Waals surface area contributed by atoms with E-state index in [0.29, 0.717) is 17.9 Å². The summed E-state index contributed by atoms with van der Waals surface area (Å²) in [5.41, 5.74) is 0.623. The third-order valence-corrected chi connectivity index (χ3v) is 6.62. The van der Waals surface area contributed by atoms with Crippen LogP contribution in [0.1, 0.15) is 22.9 Å². The van der Waals surface area contributed by atoms with Crippen LogP contribution in [0.15, 0.2) is 47.4 Å². The molecule has 0 aliphatic carbocycles. The van der Waals surface area contributed by atoms with Gasteiger partial charge in [0, 0.05) is 36.6 Å². The molecule has 1 aromatic heterocycles. The lowest BCUT2D eigenvalue weighted by molar-refractivity contribution is -0.140. The fraction of sp³-hybridized carbons (Fsp3) is 0.391. The van der Waals surface area contributed by atoms with Gasteiger partial charge in [-0.15, -0.1) is 11.3 Å². The largest absolute Gasteiger partial charge is 0.507 e. The summed E-state index contributed by atoms with van der Waals surface area (Å²) in [6, 6.07) is 10.0. The number of likely N-dealkylation sites (tertiary alicyclic amines) is 1. The lowest BCUT2D eigenvalue weighted by atomic mass is 10.00. The van der Waals surface area contributed by atoms with Gasteiger partial charge in [-0.1, -0.05) is 6.07 Å². The Morgan fingerprint density at radius 3 is 2.55 bits per heavy atom. The molecule has 0 unspecified atom stereocenters. The highest BCUT2D eigenvalue weighted by Gasteiger charge is 2.46. The molecule has 3 heterocycles. The van der Waals surface area contributed by atoms with Crippen LogP contribution in [0.3, 0.4) is 0 Å². The van der Waals surface area contributed by atoms with Crippen LogP contribution in [0.5, 0.6) is 5.75 Å². The van der Waals surface area contributed by atoms with E-state index < -0.39 is 17.7 Å². The van der Waals surface area contributed by atoms with E-state index in [0.717, 1.165) is 44.1 Å². The number of methoxy groups -OCH3 is 1. The Morgan fingerprint density at radius 1 is 1.16 bits per heavy atom. The molecule has 0 radical (unpaired) electrons. The number of aliphatic hydroxyl groups is 1. The van der Waals surface area contributed by atoms with Crippen molar-refractivity contribution in [1.29, 1.82) is 0 Å². The number of amides is 1. The number of nitrogens with zero attached hydrogens (tertiary/aromatic N) is 2. The van der Waals surface area contributed by atoms with Gasteiger partial charge in [0.05, 0.1) is 31.9 Å². The summed E-state index contributed by atoms with van der Waals surface area (Å²) in [4.78, 5) is 30.7. The van der Waals surface area contributed by atoms with Crippen molar-refractivity contribution in [3.8, 4) is 5.75 Å². The quantitative estimate of drug-likeness (QED) is 0.404. The molecule has 0 bridgehead atoms. The summed E-state index contributed by atoms with van der Waals surface area (Å²) in [6.07, 6.45) is 0.747. The smallest absolute Gasteiger partial charge is 0.295 e. The third kappa shape index (κ3) is 4.51. The number of carbonyl (C=O) groups excluding carboxylic acids is 2. The molecule has 1 aromatic carbocycles. The first kappa shape index (κ1) is 21.5. The molecule has 2 aliphatic heterocycles. The number of Topliss-reactive ketones (excluding diaryl/α,β-unsaturated/α-hetero) is 1. The van der Waals surface area contributed by atoms with Gasteiger partial charge >= 0.3 is 0 Å². The van der Waals surface area contributed by atoms with Crippen LogP contribution in [-0.2, 0) is 14.3 Å². The highest BCUT2D eigenvalue weighted by atomic mass is 32.1. The van der Waals surface area contributed by atoms with Crippen molar-refractivity contribution in [1.82, 2.24) is 9.80 Å². The topological polar surface area (TPSA) is 79.3 Å². The second kappa shape index (κ2) is 9.64. The van der Waals surface area contributed by atoms with Gasteiger partial charge in [-0.25, -0.2) is 0 Å². The van der Waals surface area contributed by atoms with Crippen molar-refractivity contribution in [2.24, 2.45) is 0 Å². The van der Waals surface area contributed by atoms with Crippen molar-refractivity contribution in [3.05, 3.63) is 57.8 Å². The summed E-state index contributed by atoms with van der Waals surface area (Å²) in [5.74, 6) is -0.710. The molecule has 2 fully saturated rings. The number of benzene rings is 1. The molecular weight excluding hydrogens is 416 g/mol. The Bertz CT molecular complexity index is 949. The predicted molar refractivity (Wildman–Crippen MR) is 118 cm³/mol. The fourth-order valence-electron chi connectivity index (χ4n) is 4.05. The van der Waals surface area contributed by atoms with Gasteiger partial charge in [-0.3, -0.25) is 14.5 Å². The molecule has 31 heavy (non-hydrogen) atoms. The molecule has 7 nitrogen and oxygen atoms in total. The summed E-state index contributed by atoms with van der Waals surface area (Å²) in [6.45, 7) is 4.49. The minimum atomic E-state index is -0.641. The zero-order chi connectivity index (χ0) is 21.8. The second-order valence-electron chi connectivity index (χ2n) is 7.54. The SMILES string of the molecule is COc1ccc(C(O)=C2C(=O)C(=O)N(CCCN3CCOCC3)[C@@H]2c2cccs2)cc1. The van der Waals surface area contributed by atoms with E-state index in [9.17, 15) is 14.7 Å². The average molecular weight is 443 g/mol. The van der Waals surface area contributed by atoms with Gasteiger partial charge in [0.25, 0.3) is 11.7 Å². The van der Waals surface area contributed by atoms with E-state index in [4.69, 9.17) is 9.47 Å². The van der Waals surface area contributed by atoms with Crippen LogP contribution >= 0.6 is 11.3 Å². The molecule has 4 rings (SSSR count). The summed E-state index contributed by atoms with van der Waals surface area (Å²) >= 11 is 1.47. The minimum absolute atomic E-state index is 0.143. The molecule has 164 valence electrons. The van der Waals surface area contributed by atoms with Crippen molar-refractivity contribution in [2.75, 3.05) is 46.5 Å².